The predicted molar refractivity (Wildman–Crippen MR) is 81.8 cm³/mol. The lowest BCUT2D eigenvalue weighted by Gasteiger charge is -2.15. The maximum Gasteiger partial charge on any atom is 0.319 e. The second kappa shape index (κ2) is 8.55. The van der Waals surface area contributed by atoms with Crippen LogP contribution in [0.1, 0.15) is 25.3 Å². The molecule has 0 bridgehead atoms. The Hall–Kier alpha value is -1.59. The van der Waals surface area contributed by atoms with Crippen LogP contribution in [0.25, 0.3) is 0 Å². The average Bonchev–Trinajstić information content (AvgIpc) is 2.35. The summed E-state index contributed by atoms with van der Waals surface area (Å²) in [6.45, 7) is 2.92. The molecule has 1 unspecified atom stereocenters. The number of hydrogen-bond acceptors (Lipinski definition) is 3. The lowest BCUT2D eigenvalue weighted by Crippen LogP contribution is -2.36. The highest BCUT2D eigenvalue weighted by atomic mass is 16.3. The van der Waals surface area contributed by atoms with Crippen molar-refractivity contribution in [3.8, 4) is 0 Å². The Morgan fingerprint density at radius 3 is 2.80 bits per heavy atom. The van der Waals surface area contributed by atoms with E-state index in [1.165, 1.54) is 0 Å². The number of hydrogen-bond donors (Lipinski definition) is 3. The molecule has 112 valence electrons. The quantitative estimate of drug-likeness (QED) is 0.715. The first-order valence-electron chi connectivity index (χ1n) is 6.93. The number of aliphatic hydroxyl groups excluding tert-OH is 1. The van der Waals surface area contributed by atoms with E-state index in [1.807, 2.05) is 45.3 Å². The number of carbonyl (C=O) groups excluding carboxylic acids is 1. The third-order valence-electron chi connectivity index (χ3n) is 2.86. The highest BCUT2D eigenvalue weighted by molar-refractivity contribution is 5.89. The minimum absolute atomic E-state index is 0.0482. The second-order valence-corrected chi connectivity index (χ2v) is 5.30. The van der Waals surface area contributed by atoms with E-state index in [2.05, 4.69) is 15.5 Å². The number of aliphatic hydroxyl groups is 1. The van der Waals surface area contributed by atoms with Crippen molar-refractivity contribution in [3.63, 3.8) is 0 Å². The Morgan fingerprint density at radius 1 is 1.40 bits per heavy atom. The van der Waals surface area contributed by atoms with E-state index in [9.17, 15) is 4.79 Å². The standard InChI is InChI=1S/C15H25N3O2/c1-12(6-5-9-19)16-15(20)17-14-8-4-7-13(10-14)11-18(2)3/h4,7-8,10,12,19H,5-6,9,11H2,1-3H3,(H2,16,17,20). The van der Waals surface area contributed by atoms with Gasteiger partial charge in [-0.1, -0.05) is 12.1 Å². The smallest absolute Gasteiger partial charge is 0.319 e. The van der Waals surface area contributed by atoms with Crippen molar-refractivity contribution in [2.24, 2.45) is 0 Å². The van der Waals surface area contributed by atoms with E-state index in [4.69, 9.17) is 5.11 Å². The highest BCUT2D eigenvalue weighted by Crippen LogP contribution is 2.11. The number of amides is 2. The monoisotopic (exact) mass is 279 g/mol. The molecule has 3 N–H and O–H groups in total. The largest absolute Gasteiger partial charge is 0.396 e. The van der Waals surface area contributed by atoms with Crippen LogP contribution in [-0.2, 0) is 6.54 Å². The van der Waals surface area contributed by atoms with Crippen LogP contribution >= 0.6 is 0 Å². The van der Waals surface area contributed by atoms with Crippen molar-refractivity contribution in [1.29, 1.82) is 0 Å². The van der Waals surface area contributed by atoms with Crippen LogP contribution in [0.4, 0.5) is 10.5 Å². The number of carbonyl (C=O) groups is 1. The van der Waals surface area contributed by atoms with Gasteiger partial charge in [0.2, 0.25) is 0 Å². The van der Waals surface area contributed by atoms with Crippen LogP contribution in [0.3, 0.4) is 0 Å². The van der Waals surface area contributed by atoms with E-state index in [-0.39, 0.29) is 18.7 Å². The van der Waals surface area contributed by atoms with Gasteiger partial charge in [0.05, 0.1) is 0 Å². The fraction of sp³-hybridized carbons (Fsp3) is 0.533. The van der Waals surface area contributed by atoms with Gasteiger partial charge in [0.1, 0.15) is 0 Å². The molecular formula is C15H25N3O2. The van der Waals surface area contributed by atoms with Crippen molar-refractivity contribution in [2.75, 3.05) is 26.0 Å². The van der Waals surface area contributed by atoms with E-state index >= 15 is 0 Å². The zero-order chi connectivity index (χ0) is 15.0. The Kier molecular flexibility index (Phi) is 7.04. The van der Waals surface area contributed by atoms with Gasteiger partial charge in [-0.2, -0.15) is 0 Å². The number of nitrogens with zero attached hydrogens (tertiary/aromatic N) is 1. The Bertz CT molecular complexity index is 421. The van der Waals surface area contributed by atoms with E-state index in [0.29, 0.717) is 6.42 Å². The first-order chi connectivity index (χ1) is 9.51. The summed E-state index contributed by atoms with van der Waals surface area (Å²) in [5.41, 5.74) is 1.94. The van der Waals surface area contributed by atoms with E-state index < -0.39 is 0 Å². The van der Waals surface area contributed by atoms with Crippen LogP contribution < -0.4 is 10.6 Å². The lowest BCUT2D eigenvalue weighted by atomic mass is 10.2. The average molecular weight is 279 g/mol. The van der Waals surface area contributed by atoms with Gasteiger partial charge in [-0.3, -0.25) is 0 Å². The third-order valence-corrected chi connectivity index (χ3v) is 2.86. The summed E-state index contributed by atoms with van der Waals surface area (Å²) in [6, 6.07) is 7.65. The van der Waals surface area contributed by atoms with Crippen molar-refractivity contribution in [3.05, 3.63) is 29.8 Å². The molecule has 0 radical (unpaired) electrons. The second-order valence-electron chi connectivity index (χ2n) is 5.30. The molecule has 5 heteroatoms. The summed E-state index contributed by atoms with van der Waals surface area (Å²) in [5.74, 6) is 0. The van der Waals surface area contributed by atoms with Crippen molar-refractivity contribution in [1.82, 2.24) is 10.2 Å². The number of nitrogens with one attached hydrogen (secondary N) is 2. The van der Waals surface area contributed by atoms with Crippen LogP contribution in [-0.4, -0.2) is 42.8 Å². The van der Waals surface area contributed by atoms with Gasteiger partial charge < -0.3 is 20.6 Å². The maximum absolute atomic E-state index is 11.8. The molecule has 5 nitrogen and oxygen atoms in total. The van der Waals surface area contributed by atoms with Crippen molar-refractivity contribution < 1.29 is 9.90 Å². The first kappa shape index (κ1) is 16.5. The summed E-state index contributed by atoms with van der Waals surface area (Å²) in [6.07, 6.45) is 1.46. The molecule has 0 aliphatic heterocycles. The lowest BCUT2D eigenvalue weighted by molar-refractivity contribution is 0.245. The molecule has 1 atom stereocenters. The Labute approximate surface area is 121 Å². The van der Waals surface area contributed by atoms with Gasteiger partial charge in [0.15, 0.2) is 0 Å². The van der Waals surface area contributed by atoms with Gasteiger partial charge >= 0.3 is 6.03 Å². The number of benzene rings is 1. The summed E-state index contributed by atoms with van der Waals surface area (Å²) in [5, 5.41) is 14.4. The molecule has 20 heavy (non-hydrogen) atoms. The normalized spacial score (nSPS) is 12.2. The summed E-state index contributed by atoms with van der Waals surface area (Å²) >= 11 is 0. The van der Waals surface area contributed by atoms with Gasteiger partial charge in [0, 0.05) is 24.9 Å². The van der Waals surface area contributed by atoms with Gasteiger partial charge in [-0.05, 0) is 51.6 Å². The summed E-state index contributed by atoms with van der Waals surface area (Å²) < 4.78 is 0. The van der Waals surface area contributed by atoms with Gasteiger partial charge in [-0.25, -0.2) is 4.79 Å². The molecule has 0 fully saturated rings. The fourth-order valence-electron chi connectivity index (χ4n) is 1.97. The molecule has 0 saturated carbocycles. The minimum Gasteiger partial charge on any atom is -0.396 e. The van der Waals surface area contributed by atoms with Crippen molar-refractivity contribution >= 4 is 11.7 Å². The molecule has 2 amide bonds. The molecule has 1 aromatic carbocycles. The molecule has 0 saturated heterocycles. The molecule has 0 aliphatic carbocycles. The Morgan fingerprint density at radius 2 is 2.15 bits per heavy atom. The molecule has 0 aliphatic rings. The zero-order valence-corrected chi connectivity index (χ0v) is 12.5. The molecular weight excluding hydrogens is 254 g/mol. The molecule has 1 rings (SSSR count). The van der Waals surface area contributed by atoms with Crippen LogP contribution in [0, 0.1) is 0 Å². The fourth-order valence-corrected chi connectivity index (χ4v) is 1.97. The van der Waals surface area contributed by atoms with Gasteiger partial charge in [-0.15, -0.1) is 0 Å². The van der Waals surface area contributed by atoms with E-state index in [1.54, 1.807) is 0 Å². The predicted octanol–water partition coefficient (Wildman–Crippen LogP) is 2.03. The molecule has 0 aromatic heterocycles. The minimum atomic E-state index is -0.211. The van der Waals surface area contributed by atoms with Crippen LogP contribution in [0.5, 0.6) is 0 Å². The Balaban J connectivity index is 2.49. The molecule has 0 spiro atoms. The molecule has 0 heterocycles. The first-order valence-corrected chi connectivity index (χ1v) is 6.93. The van der Waals surface area contributed by atoms with Crippen LogP contribution in [0.2, 0.25) is 0 Å². The number of anilines is 1. The SMILES string of the molecule is CC(CCCO)NC(=O)Nc1cccc(CN(C)C)c1. The van der Waals surface area contributed by atoms with E-state index in [0.717, 1.165) is 24.2 Å². The maximum atomic E-state index is 11.8. The highest BCUT2D eigenvalue weighted by Gasteiger charge is 2.07. The number of urea groups is 1. The molecule has 1 aromatic rings. The zero-order valence-electron chi connectivity index (χ0n) is 12.5. The summed E-state index contributed by atoms with van der Waals surface area (Å²) in [7, 11) is 4.02. The summed E-state index contributed by atoms with van der Waals surface area (Å²) in [4.78, 5) is 13.9. The topological polar surface area (TPSA) is 64.6 Å². The van der Waals surface area contributed by atoms with Gasteiger partial charge in [0.25, 0.3) is 0 Å². The number of rotatable bonds is 7. The third kappa shape index (κ3) is 6.54. The van der Waals surface area contributed by atoms with Crippen molar-refractivity contribution in [2.45, 2.75) is 32.4 Å². The van der Waals surface area contributed by atoms with Crippen LogP contribution in [0.15, 0.2) is 24.3 Å².